The monoisotopic (exact) mass is 504 g/mol. The maximum atomic E-state index is 12.9. The minimum atomic E-state index is -4.27. The number of nitro benzene ring substituents is 2. The number of rotatable bonds is 9. The van der Waals surface area contributed by atoms with E-state index in [9.17, 15) is 37.1 Å². The van der Waals surface area contributed by atoms with E-state index in [0.717, 1.165) is 48.5 Å². The predicted octanol–water partition coefficient (Wildman–Crippen LogP) is 2.66. The Bertz CT molecular complexity index is 1450. The number of hydrazone groups is 1. The molecule has 0 spiro atoms. The molecule has 34 heavy (non-hydrogen) atoms. The van der Waals surface area contributed by atoms with E-state index in [4.69, 9.17) is 0 Å². The van der Waals surface area contributed by atoms with Crippen LogP contribution < -0.4 is 4.83 Å². The maximum absolute atomic E-state index is 12.9. The van der Waals surface area contributed by atoms with Crippen molar-refractivity contribution in [3.8, 4) is 0 Å². The Labute approximate surface area is 193 Å². The molecule has 0 unspecified atom stereocenters. The van der Waals surface area contributed by atoms with Crippen molar-refractivity contribution >= 4 is 36.9 Å². The van der Waals surface area contributed by atoms with Crippen LogP contribution in [0.3, 0.4) is 0 Å². The first-order valence-electron chi connectivity index (χ1n) is 9.35. The van der Waals surface area contributed by atoms with Crippen molar-refractivity contribution in [1.29, 1.82) is 0 Å². The Hall–Kier alpha value is -4.17. The molecule has 0 amide bonds. The Morgan fingerprint density at radius 1 is 0.735 bits per heavy atom. The summed E-state index contributed by atoms with van der Waals surface area (Å²) >= 11 is 0. The SMILES string of the molecule is O=[N+]([O-])c1ccc(S(=O)(=O)CC(=NNS(=O)(=O)c2ccc([N+](=O)[O-])cc2)c2ccccc2)cc1. The van der Waals surface area contributed by atoms with Gasteiger partial charge >= 0.3 is 0 Å². The van der Waals surface area contributed by atoms with Crippen LogP contribution in [-0.4, -0.2) is 38.1 Å². The highest BCUT2D eigenvalue weighted by atomic mass is 32.2. The molecule has 0 saturated carbocycles. The molecule has 0 aliphatic heterocycles. The lowest BCUT2D eigenvalue weighted by Crippen LogP contribution is -2.24. The van der Waals surface area contributed by atoms with Crippen molar-refractivity contribution in [2.75, 3.05) is 5.75 Å². The number of non-ortho nitro benzene ring substituents is 2. The molecule has 3 aromatic carbocycles. The zero-order chi connectivity index (χ0) is 24.9. The zero-order valence-corrected chi connectivity index (χ0v) is 18.8. The lowest BCUT2D eigenvalue weighted by atomic mass is 10.1. The van der Waals surface area contributed by atoms with Gasteiger partial charge in [-0.25, -0.2) is 8.42 Å². The Morgan fingerprint density at radius 2 is 1.21 bits per heavy atom. The lowest BCUT2D eigenvalue weighted by molar-refractivity contribution is -0.385. The molecule has 3 aromatic rings. The fourth-order valence-electron chi connectivity index (χ4n) is 2.76. The number of hydrogen-bond acceptors (Lipinski definition) is 9. The van der Waals surface area contributed by atoms with E-state index in [1.165, 1.54) is 12.1 Å². The molecule has 0 aromatic heterocycles. The summed E-state index contributed by atoms with van der Waals surface area (Å²) < 4.78 is 51.0. The van der Waals surface area contributed by atoms with Gasteiger partial charge in [0.25, 0.3) is 21.4 Å². The van der Waals surface area contributed by atoms with Crippen molar-refractivity contribution in [3.63, 3.8) is 0 Å². The highest BCUT2D eigenvalue weighted by Crippen LogP contribution is 2.19. The van der Waals surface area contributed by atoms with Crippen molar-refractivity contribution in [2.45, 2.75) is 9.79 Å². The summed E-state index contributed by atoms with van der Waals surface area (Å²) in [7, 11) is -8.33. The molecule has 12 nitrogen and oxygen atoms in total. The molecule has 0 atom stereocenters. The van der Waals surface area contributed by atoms with Crippen LogP contribution in [0.4, 0.5) is 11.4 Å². The van der Waals surface area contributed by atoms with Gasteiger partial charge in [-0.1, -0.05) is 30.3 Å². The van der Waals surface area contributed by atoms with Gasteiger partial charge in [-0.2, -0.15) is 18.4 Å². The number of sulfone groups is 1. The third-order valence-corrected chi connectivity index (χ3v) is 7.37. The van der Waals surface area contributed by atoms with Gasteiger partial charge < -0.3 is 0 Å². The normalized spacial score (nSPS) is 12.2. The third-order valence-electron chi connectivity index (χ3n) is 4.50. The van der Waals surface area contributed by atoms with Gasteiger partial charge in [0.1, 0.15) is 0 Å². The van der Waals surface area contributed by atoms with Gasteiger partial charge in [0.15, 0.2) is 9.84 Å². The number of hydrogen-bond donors (Lipinski definition) is 1. The summed E-state index contributed by atoms with van der Waals surface area (Å²) in [6, 6.07) is 16.3. The van der Waals surface area contributed by atoms with Gasteiger partial charge in [0.05, 0.1) is 31.1 Å². The zero-order valence-electron chi connectivity index (χ0n) is 17.1. The first-order valence-corrected chi connectivity index (χ1v) is 12.5. The van der Waals surface area contributed by atoms with Gasteiger partial charge in [0.2, 0.25) is 0 Å². The minimum absolute atomic E-state index is 0.135. The van der Waals surface area contributed by atoms with Crippen molar-refractivity contribution < 1.29 is 26.7 Å². The smallest absolute Gasteiger partial charge is 0.258 e. The maximum Gasteiger partial charge on any atom is 0.276 e. The number of benzene rings is 3. The lowest BCUT2D eigenvalue weighted by Gasteiger charge is -2.10. The van der Waals surface area contributed by atoms with Crippen molar-refractivity contribution in [2.24, 2.45) is 5.10 Å². The molecular weight excluding hydrogens is 488 g/mol. The summed E-state index contributed by atoms with van der Waals surface area (Å²) in [4.78, 5) is 21.7. The van der Waals surface area contributed by atoms with E-state index >= 15 is 0 Å². The number of sulfonamides is 1. The highest BCUT2D eigenvalue weighted by Gasteiger charge is 2.22. The average molecular weight is 505 g/mol. The Balaban J connectivity index is 1.93. The van der Waals surface area contributed by atoms with E-state index in [0.29, 0.717) is 5.56 Å². The van der Waals surface area contributed by atoms with E-state index in [-0.39, 0.29) is 26.9 Å². The summed E-state index contributed by atoms with van der Waals surface area (Å²) in [5.74, 6) is -0.711. The second-order valence-electron chi connectivity index (χ2n) is 6.78. The summed E-state index contributed by atoms with van der Waals surface area (Å²) in [5.41, 5.74) is -0.405. The van der Waals surface area contributed by atoms with E-state index in [2.05, 4.69) is 5.10 Å². The largest absolute Gasteiger partial charge is 0.276 e. The van der Waals surface area contributed by atoms with Crippen LogP contribution in [0.25, 0.3) is 0 Å². The molecule has 0 fully saturated rings. The third kappa shape index (κ3) is 5.79. The molecule has 14 heteroatoms. The number of nitro groups is 2. The van der Waals surface area contributed by atoms with Crippen LogP contribution in [0, 0.1) is 20.2 Å². The Kier molecular flexibility index (Phi) is 7.03. The van der Waals surface area contributed by atoms with Gasteiger partial charge in [-0.05, 0) is 29.8 Å². The molecule has 0 aliphatic rings. The van der Waals surface area contributed by atoms with Crippen LogP contribution in [0.5, 0.6) is 0 Å². The molecule has 0 saturated heterocycles. The number of nitrogens with one attached hydrogen (secondary N) is 1. The van der Waals surface area contributed by atoms with Gasteiger partial charge in [-0.15, -0.1) is 0 Å². The van der Waals surface area contributed by atoms with Gasteiger partial charge in [-0.3, -0.25) is 20.2 Å². The van der Waals surface area contributed by atoms with Crippen LogP contribution in [0.15, 0.2) is 93.8 Å². The van der Waals surface area contributed by atoms with Gasteiger partial charge in [0, 0.05) is 24.3 Å². The quantitative estimate of drug-likeness (QED) is 0.262. The Morgan fingerprint density at radius 3 is 1.68 bits per heavy atom. The summed E-state index contributed by atoms with van der Waals surface area (Å²) in [6.45, 7) is 0. The fraction of sp³-hybridized carbons (Fsp3) is 0.0500. The second-order valence-corrected chi connectivity index (χ2v) is 10.4. The molecule has 3 rings (SSSR count). The van der Waals surface area contributed by atoms with Crippen molar-refractivity contribution in [1.82, 2.24) is 4.83 Å². The molecule has 0 heterocycles. The molecule has 1 N–H and O–H groups in total. The first-order chi connectivity index (χ1) is 16.0. The average Bonchev–Trinajstić information content (AvgIpc) is 2.82. The topological polar surface area (TPSA) is 179 Å². The van der Waals surface area contributed by atoms with E-state index in [1.54, 1.807) is 18.2 Å². The second kappa shape index (κ2) is 9.76. The predicted molar refractivity (Wildman–Crippen MR) is 122 cm³/mol. The van der Waals surface area contributed by atoms with Crippen LogP contribution in [0.2, 0.25) is 0 Å². The van der Waals surface area contributed by atoms with Crippen LogP contribution in [-0.2, 0) is 19.9 Å². The molecule has 176 valence electrons. The van der Waals surface area contributed by atoms with Crippen LogP contribution in [0.1, 0.15) is 5.56 Å². The van der Waals surface area contributed by atoms with E-state index < -0.39 is 35.5 Å². The van der Waals surface area contributed by atoms with Crippen LogP contribution >= 0.6 is 0 Å². The summed E-state index contributed by atoms with van der Waals surface area (Å²) in [6.07, 6.45) is 0. The minimum Gasteiger partial charge on any atom is -0.258 e. The molecule has 0 aliphatic carbocycles. The number of nitrogens with zero attached hydrogens (tertiary/aromatic N) is 3. The van der Waals surface area contributed by atoms with Crippen molar-refractivity contribution in [3.05, 3.63) is 105 Å². The first kappa shape index (κ1) is 24.5. The summed E-state index contributed by atoms with van der Waals surface area (Å²) in [5, 5.41) is 25.4. The molecular formula is C20H16N4O8S2. The molecule has 0 radical (unpaired) electrons. The molecule has 0 bridgehead atoms. The standard InChI is InChI=1S/C20H16N4O8S2/c25-23(26)16-6-10-18(11-7-16)33(29,30)14-20(15-4-2-1-3-5-15)21-22-34(31,32)19-12-8-17(9-13-19)24(27)28/h1-13,22H,14H2. The fourth-order valence-corrected chi connectivity index (χ4v) is 4.90. The highest BCUT2D eigenvalue weighted by molar-refractivity contribution is 7.92. The van der Waals surface area contributed by atoms with E-state index in [1.807, 2.05) is 4.83 Å².